The molecule has 4 aromatic carbocycles. The zero-order valence-corrected chi connectivity index (χ0v) is 22.0. The van der Waals surface area contributed by atoms with Crippen LogP contribution in [0.3, 0.4) is 0 Å². The van der Waals surface area contributed by atoms with Crippen LogP contribution < -0.4 is 14.4 Å². The summed E-state index contributed by atoms with van der Waals surface area (Å²) in [6.45, 7) is 1.52. The molecule has 0 radical (unpaired) electrons. The van der Waals surface area contributed by atoms with Crippen molar-refractivity contribution in [2.75, 3.05) is 30.3 Å². The van der Waals surface area contributed by atoms with E-state index in [2.05, 4.69) is 28.5 Å². The van der Waals surface area contributed by atoms with Gasteiger partial charge in [0.05, 0.1) is 30.1 Å². The van der Waals surface area contributed by atoms with Gasteiger partial charge in [-0.15, -0.1) is 0 Å². The number of H-pyrrole nitrogens is 1. The minimum absolute atomic E-state index is 0.221. The molecule has 196 valence electrons. The van der Waals surface area contributed by atoms with Crippen molar-refractivity contribution in [1.82, 2.24) is 10.3 Å². The van der Waals surface area contributed by atoms with Gasteiger partial charge >= 0.3 is 0 Å². The van der Waals surface area contributed by atoms with Gasteiger partial charge in [0.25, 0.3) is 0 Å². The van der Waals surface area contributed by atoms with E-state index in [1.54, 1.807) is 24.3 Å². The number of benzene rings is 4. The van der Waals surface area contributed by atoms with Gasteiger partial charge in [-0.1, -0.05) is 60.7 Å². The second kappa shape index (κ2) is 11.3. The van der Waals surface area contributed by atoms with Crippen molar-refractivity contribution in [1.29, 1.82) is 0 Å². The molecule has 5 rings (SSSR count). The smallest absolute Gasteiger partial charge is 0.232 e. The van der Waals surface area contributed by atoms with Gasteiger partial charge in [-0.2, -0.15) is 0 Å². The maximum absolute atomic E-state index is 12.5. The monoisotopic (exact) mass is 529 g/mol. The number of ether oxygens (including phenoxy) is 1. The molecule has 3 N–H and O–H groups in total. The molecule has 0 spiro atoms. The third kappa shape index (κ3) is 5.99. The first-order chi connectivity index (χ1) is 18.4. The van der Waals surface area contributed by atoms with Crippen LogP contribution in [0.5, 0.6) is 5.75 Å². The molecule has 0 unspecified atom stereocenters. The van der Waals surface area contributed by atoms with Gasteiger partial charge in [-0.05, 0) is 41.5 Å². The number of nitrogens with zero attached hydrogens (tertiary/aromatic N) is 1. The molecule has 0 aliphatic rings. The standard InChI is InChI=1S/C30H31N3O4S/c1-38(35,36)33(21-22-8-3-2-4-9-22)24-11-7-10-23(18-24)30(34)20-31-16-17-37-25-14-15-27-26-12-5-6-13-28(26)32-29(27)19-25/h2-15,18-19,30-32,34H,16-17,20-21H2,1H3/t30-/m0/s1. The number of anilines is 1. The fourth-order valence-electron chi connectivity index (χ4n) is 4.56. The molecule has 0 fully saturated rings. The Morgan fingerprint density at radius 1 is 0.895 bits per heavy atom. The Hall–Kier alpha value is -3.85. The molecular weight excluding hydrogens is 498 g/mol. The first kappa shape index (κ1) is 25.8. The highest BCUT2D eigenvalue weighted by atomic mass is 32.2. The van der Waals surface area contributed by atoms with E-state index >= 15 is 0 Å². The van der Waals surface area contributed by atoms with Gasteiger partial charge in [0.2, 0.25) is 10.0 Å². The third-order valence-electron chi connectivity index (χ3n) is 6.48. The molecule has 8 heteroatoms. The number of fused-ring (bicyclic) bond motifs is 3. The van der Waals surface area contributed by atoms with E-state index in [-0.39, 0.29) is 6.54 Å². The third-order valence-corrected chi connectivity index (χ3v) is 7.62. The molecule has 0 aliphatic carbocycles. The van der Waals surface area contributed by atoms with E-state index in [1.165, 1.54) is 15.9 Å². The summed E-state index contributed by atoms with van der Waals surface area (Å²) in [4.78, 5) is 3.42. The topological polar surface area (TPSA) is 94.7 Å². The number of hydrogen-bond acceptors (Lipinski definition) is 5. The largest absolute Gasteiger partial charge is 0.492 e. The highest BCUT2D eigenvalue weighted by Crippen LogP contribution is 2.28. The second-order valence-electron chi connectivity index (χ2n) is 9.30. The molecule has 0 bridgehead atoms. The lowest BCUT2D eigenvalue weighted by molar-refractivity contribution is 0.172. The molecule has 7 nitrogen and oxygen atoms in total. The van der Waals surface area contributed by atoms with Crippen molar-refractivity contribution in [2.45, 2.75) is 12.6 Å². The fraction of sp³-hybridized carbons (Fsp3) is 0.200. The van der Waals surface area contributed by atoms with Gasteiger partial charge in [0.1, 0.15) is 12.4 Å². The minimum Gasteiger partial charge on any atom is -0.492 e. The first-order valence-electron chi connectivity index (χ1n) is 12.5. The van der Waals surface area contributed by atoms with Crippen molar-refractivity contribution in [3.8, 4) is 5.75 Å². The summed E-state index contributed by atoms with van der Waals surface area (Å²) in [6, 6.07) is 30.7. The van der Waals surface area contributed by atoms with Crippen LogP contribution in [0.15, 0.2) is 97.1 Å². The van der Waals surface area contributed by atoms with Crippen LogP contribution in [-0.2, 0) is 16.6 Å². The molecule has 0 saturated heterocycles. The Kier molecular flexibility index (Phi) is 7.64. The van der Waals surface area contributed by atoms with Gasteiger partial charge in [-0.25, -0.2) is 8.42 Å². The fourth-order valence-corrected chi connectivity index (χ4v) is 5.44. The summed E-state index contributed by atoms with van der Waals surface area (Å²) < 4.78 is 32.3. The molecular formula is C30H31N3O4S. The van der Waals surface area contributed by atoms with Crippen LogP contribution in [0.2, 0.25) is 0 Å². The predicted molar refractivity (Wildman–Crippen MR) is 153 cm³/mol. The lowest BCUT2D eigenvalue weighted by atomic mass is 10.1. The Balaban J connectivity index is 1.16. The van der Waals surface area contributed by atoms with Crippen molar-refractivity contribution in [2.24, 2.45) is 0 Å². The molecule has 0 saturated carbocycles. The van der Waals surface area contributed by atoms with Gasteiger partial charge in [0, 0.05) is 35.4 Å². The van der Waals surface area contributed by atoms with Gasteiger partial charge in [-0.3, -0.25) is 4.31 Å². The Labute approximate surface area is 222 Å². The number of aromatic nitrogens is 1. The zero-order valence-electron chi connectivity index (χ0n) is 21.2. The van der Waals surface area contributed by atoms with E-state index in [9.17, 15) is 13.5 Å². The number of aliphatic hydroxyl groups excluding tert-OH is 1. The van der Waals surface area contributed by atoms with Crippen LogP contribution in [0.1, 0.15) is 17.2 Å². The molecule has 1 aromatic heterocycles. The lowest BCUT2D eigenvalue weighted by Crippen LogP contribution is -2.29. The summed E-state index contributed by atoms with van der Waals surface area (Å²) in [5, 5.41) is 16.3. The number of aliphatic hydroxyl groups is 1. The number of nitrogens with one attached hydrogen (secondary N) is 2. The SMILES string of the molecule is CS(=O)(=O)N(Cc1ccccc1)c1cccc([C@@H](O)CNCCOc2ccc3c(c2)[nH]c2ccccc23)c1. The average Bonchev–Trinajstić information content (AvgIpc) is 3.29. The minimum atomic E-state index is -3.51. The van der Waals surface area contributed by atoms with Crippen molar-refractivity contribution >= 4 is 37.5 Å². The van der Waals surface area contributed by atoms with Crippen LogP contribution in [0.25, 0.3) is 21.8 Å². The van der Waals surface area contributed by atoms with Gasteiger partial charge in [0.15, 0.2) is 0 Å². The second-order valence-corrected chi connectivity index (χ2v) is 11.2. The summed E-state index contributed by atoms with van der Waals surface area (Å²) >= 11 is 0. The van der Waals surface area contributed by atoms with E-state index in [0.717, 1.165) is 27.7 Å². The summed E-state index contributed by atoms with van der Waals surface area (Å²) in [7, 11) is -3.51. The highest BCUT2D eigenvalue weighted by molar-refractivity contribution is 7.92. The van der Waals surface area contributed by atoms with Crippen LogP contribution >= 0.6 is 0 Å². The maximum Gasteiger partial charge on any atom is 0.232 e. The normalized spacial score (nSPS) is 12.6. The lowest BCUT2D eigenvalue weighted by Gasteiger charge is -2.24. The molecule has 38 heavy (non-hydrogen) atoms. The number of para-hydroxylation sites is 1. The summed E-state index contributed by atoms with van der Waals surface area (Å²) in [6.07, 6.45) is 0.395. The molecule has 0 amide bonds. The number of hydrogen-bond donors (Lipinski definition) is 3. The molecule has 1 atom stereocenters. The maximum atomic E-state index is 12.5. The quantitative estimate of drug-likeness (QED) is 0.210. The van der Waals surface area contributed by atoms with Crippen LogP contribution in [0.4, 0.5) is 5.69 Å². The summed E-state index contributed by atoms with van der Waals surface area (Å²) in [5.74, 6) is 0.776. The van der Waals surface area contributed by atoms with Gasteiger partial charge < -0.3 is 20.1 Å². The Morgan fingerprint density at radius 3 is 2.47 bits per heavy atom. The van der Waals surface area contributed by atoms with Crippen molar-refractivity contribution in [3.05, 3.63) is 108 Å². The Morgan fingerprint density at radius 2 is 1.66 bits per heavy atom. The van der Waals surface area contributed by atoms with E-state index in [1.807, 2.05) is 54.6 Å². The number of sulfonamides is 1. The van der Waals surface area contributed by atoms with E-state index < -0.39 is 16.1 Å². The zero-order chi connectivity index (χ0) is 26.5. The van der Waals surface area contributed by atoms with Crippen LogP contribution in [0, 0.1) is 0 Å². The first-order valence-corrected chi connectivity index (χ1v) is 14.4. The van der Waals surface area contributed by atoms with Crippen molar-refractivity contribution < 1.29 is 18.3 Å². The van der Waals surface area contributed by atoms with E-state index in [0.29, 0.717) is 30.9 Å². The van der Waals surface area contributed by atoms with Crippen LogP contribution in [-0.4, -0.2) is 44.5 Å². The number of rotatable bonds is 11. The van der Waals surface area contributed by atoms with E-state index in [4.69, 9.17) is 4.74 Å². The average molecular weight is 530 g/mol. The molecule has 5 aromatic rings. The van der Waals surface area contributed by atoms with Crippen molar-refractivity contribution in [3.63, 3.8) is 0 Å². The molecule has 0 aliphatic heterocycles. The summed E-state index contributed by atoms with van der Waals surface area (Å²) in [5.41, 5.74) is 4.17. The predicted octanol–water partition coefficient (Wildman–Crippen LogP) is 4.99. The Bertz CT molecular complexity index is 1630. The number of aromatic amines is 1. The molecule has 1 heterocycles. The highest BCUT2D eigenvalue weighted by Gasteiger charge is 2.19.